The normalized spacial score (nSPS) is 21.4. The van der Waals surface area contributed by atoms with Crippen molar-refractivity contribution in [3.8, 4) is 0 Å². The van der Waals surface area contributed by atoms with Gasteiger partial charge in [0.05, 0.1) is 40.6 Å². The number of nitrogens with two attached hydrogens (primary N) is 1. The van der Waals surface area contributed by atoms with E-state index in [1.54, 1.807) is 26.8 Å². The molecule has 2 aliphatic heterocycles. The van der Waals surface area contributed by atoms with E-state index in [2.05, 4.69) is 0 Å². The molecule has 0 aromatic heterocycles. The highest BCUT2D eigenvalue weighted by Crippen LogP contribution is 2.50. The Morgan fingerprint density at radius 1 is 1.14 bits per heavy atom. The molecule has 0 radical (unpaired) electrons. The van der Waals surface area contributed by atoms with Gasteiger partial charge in [0.25, 0.3) is 0 Å². The second-order valence-corrected chi connectivity index (χ2v) is 7.68. The number of fused-ring (bicyclic) bond motifs is 1. The first-order valence-corrected chi connectivity index (χ1v) is 10.0. The zero-order valence-electron chi connectivity index (χ0n) is 16.2. The van der Waals surface area contributed by atoms with Crippen LogP contribution in [0.15, 0.2) is 46.3 Å². The smallest absolute Gasteiger partial charge is 0.338 e. The fourth-order valence-electron chi connectivity index (χ4n) is 3.37. The van der Waals surface area contributed by atoms with Gasteiger partial charge in [-0.1, -0.05) is 30.0 Å². The number of hydrogen-bond donors (Lipinski definition) is 1. The summed E-state index contributed by atoms with van der Waals surface area (Å²) in [6.07, 6.45) is 0. The lowest BCUT2D eigenvalue weighted by Gasteiger charge is -2.33. The second kappa shape index (κ2) is 8.28. The van der Waals surface area contributed by atoms with Gasteiger partial charge in [-0.3, -0.25) is 9.69 Å². The number of nitrogens with zero attached hydrogens (tertiary/aromatic N) is 1. The molecule has 0 bridgehead atoms. The maximum Gasteiger partial charge on any atom is 0.338 e. The molecular formula is C20H21FN2O5S. The van der Waals surface area contributed by atoms with E-state index in [0.29, 0.717) is 0 Å². The summed E-state index contributed by atoms with van der Waals surface area (Å²) in [5, 5.41) is -0.282. The number of hydrogen-bond acceptors (Lipinski definition) is 7. The van der Waals surface area contributed by atoms with Gasteiger partial charge in [0.2, 0.25) is 5.91 Å². The van der Waals surface area contributed by atoms with Crippen LogP contribution in [0, 0.1) is 5.82 Å². The monoisotopic (exact) mass is 420 g/mol. The van der Waals surface area contributed by atoms with Gasteiger partial charge in [0.15, 0.2) is 0 Å². The zero-order chi connectivity index (χ0) is 21.3. The van der Waals surface area contributed by atoms with Crippen molar-refractivity contribution in [3.63, 3.8) is 0 Å². The highest BCUT2D eigenvalue weighted by atomic mass is 32.2. The minimum absolute atomic E-state index is 0.00287. The van der Waals surface area contributed by atoms with Gasteiger partial charge in [0, 0.05) is 5.56 Å². The Hall–Kier alpha value is -2.81. The lowest BCUT2D eigenvalue weighted by Crippen LogP contribution is -2.40. The molecule has 1 aromatic rings. The summed E-state index contributed by atoms with van der Waals surface area (Å²) in [5.41, 5.74) is 6.13. The molecule has 154 valence electrons. The average molecular weight is 420 g/mol. The standard InChI is InChI=1S/C20H21FN2O5S/c1-4-27-19(25)14-13(11-8-6-7-9-12(11)21)15(20(26)28-5-2)18-23(16(14)22)17(24)10(3)29-18/h6-10,13H,4-5,22H2,1-3H3/t10-,13+/m0/s1. The molecule has 0 saturated carbocycles. The molecule has 3 rings (SSSR count). The van der Waals surface area contributed by atoms with Gasteiger partial charge in [-0.05, 0) is 26.8 Å². The minimum atomic E-state index is -1.16. The Labute approximate surface area is 171 Å². The number of thioether (sulfide) groups is 1. The van der Waals surface area contributed by atoms with E-state index in [-0.39, 0.29) is 46.7 Å². The number of amides is 1. The first-order chi connectivity index (χ1) is 13.8. The Morgan fingerprint density at radius 2 is 1.72 bits per heavy atom. The quantitative estimate of drug-likeness (QED) is 0.730. The predicted octanol–water partition coefficient (Wildman–Crippen LogP) is 2.39. The van der Waals surface area contributed by atoms with E-state index in [0.717, 1.165) is 16.7 Å². The van der Waals surface area contributed by atoms with Gasteiger partial charge < -0.3 is 15.2 Å². The van der Waals surface area contributed by atoms with Crippen molar-refractivity contribution in [3.05, 3.63) is 57.6 Å². The number of carbonyl (C=O) groups excluding carboxylic acids is 3. The van der Waals surface area contributed by atoms with E-state index in [4.69, 9.17) is 15.2 Å². The fourth-order valence-corrected chi connectivity index (χ4v) is 4.53. The van der Waals surface area contributed by atoms with Crippen molar-refractivity contribution in [1.29, 1.82) is 0 Å². The number of rotatable bonds is 5. The van der Waals surface area contributed by atoms with Crippen molar-refractivity contribution < 1.29 is 28.2 Å². The second-order valence-electron chi connectivity index (χ2n) is 6.35. The summed E-state index contributed by atoms with van der Waals surface area (Å²) in [4.78, 5) is 39.5. The number of ether oxygens (including phenoxy) is 2. The molecule has 7 nitrogen and oxygen atoms in total. The van der Waals surface area contributed by atoms with Crippen molar-refractivity contribution in [2.45, 2.75) is 31.9 Å². The van der Waals surface area contributed by atoms with Crippen LogP contribution >= 0.6 is 11.8 Å². The van der Waals surface area contributed by atoms with E-state index in [9.17, 15) is 18.8 Å². The summed E-state index contributed by atoms with van der Waals surface area (Å²) in [7, 11) is 0. The molecule has 1 fully saturated rings. The highest BCUT2D eigenvalue weighted by Gasteiger charge is 2.49. The van der Waals surface area contributed by atoms with Gasteiger partial charge in [0.1, 0.15) is 11.6 Å². The average Bonchev–Trinajstić information content (AvgIpc) is 2.97. The molecular weight excluding hydrogens is 399 g/mol. The molecule has 9 heteroatoms. The Balaban J connectivity index is 2.32. The van der Waals surface area contributed by atoms with Gasteiger partial charge in [-0.2, -0.15) is 0 Å². The summed E-state index contributed by atoms with van der Waals surface area (Å²) in [6, 6.07) is 5.78. The predicted molar refractivity (Wildman–Crippen MR) is 105 cm³/mol. The number of esters is 2. The van der Waals surface area contributed by atoms with Crippen LogP contribution in [0.3, 0.4) is 0 Å². The molecule has 2 heterocycles. The number of halogens is 1. The van der Waals surface area contributed by atoms with E-state index in [1.807, 2.05) is 0 Å². The van der Waals surface area contributed by atoms with Gasteiger partial charge >= 0.3 is 11.9 Å². The minimum Gasteiger partial charge on any atom is -0.463 e. The molecule has 0 aliphatic carbocycles. The largest absolute Gasteiger partial charge is 0.463 e. The van der Waals surface area contributed by atoms with E-state index >= 15 is 0 Å². The summed E-state index contributed by atoms with van der Waals surface area (Å²) in [6.45, 7) is 5.03. The van der Waals surface area contributed by atoms with Crippen LogP contribution in [0.25, 0.3) is 0 Å². The molecule has 0 spiro atoms. The van der Waals surface area contributed by atoms with E-state index in [1.165, 1.54) is 18.2 Å². The third-order valence-electron chi connectivity index (χ3n) is 4.59. The maximum atomic E-state index is 14.8. The first-order valence-electron chi connectivity index (χ1n) is 9.16. The van der Waals surface area contributed by atoms with Crippen LogP contribution < -0.4 is 5.73 Å². The molecule has 1 amide bonds. The van der Waals surface area contributed by atoms with Crippen LogP contribution in [0.1, 0.15) is 32.3 Å². The lowest BCUT2D eigenvalue weighted by molar-refractivity contribution is -0.139. The van der Waals surface area contributed by atoms with Crippen LogP contribution in [-0.2, 0) is 23.9 Å². The van der Waals surface area contributed by atoms with Crippen LogP contribution in [0.4, 0.5) is 4.39 Å². The van der Waals surface area contributed by atoms with Crippen molar-refractivity contribution in [2.75, 3.05) is 13.2 Å². The molecule has 2 atom stereocenters. The SMILES string of the molecule is CCOC(=O)C1=C(N)N2C(=O)[C@H](C)SC2=C(C(=O)OCC)[C@@H]1c1ccccc1F. The Morgan fingerprint density at radius 3 is 2.31 bits per heavy atom. The number of carbonyl (C=O) groups is 3. The topological polar surface area (TPSA) is 98.9 Å². The van der Waals surface area contributed by atoms with Gasteiger partial charge in [-0.15, -0.1) is 0 Å². The maximum absolute atomic E-state index is 14.8. The van der Waals surface area contributed by atoms with Crippen LogP contribution in [0.2, 0.25) is 0 Å². The molecule has 1 saturated heterocycles. The lowest BCUT2D eigenvalue weighted by atomic mass is 9.82. The molecule has 29 heavy (non-hydrogen) atoms. The number of benzene rings is 1. The van der Waals surface area contributed by atoms with Crippen molar-refractivity contribution in [2.24, 2.45) is 5.73 Å². The van der Waals surface area contributed by atoms with E-state index < -0.39 is 28.9 Å². The summed E-state index contributed by atoms with van der Waals surface area (Å²) in [5.74, 6) is -3.89. The van der Waals surface area contributed by atoms with Crippen LogP contribution in [-0.4, -0.2) is 41.2 Å². The first kappa shape index (κ1) is 20.9. The molecule has 1 aromatic carbocycles. The summed E-state index contributed by atoms with van der Waals surface area (Å²) >= 11 is 1.12. The van der Waals surface area contributed by atoms with Crippen molar-refractivity contribution >= 4 is 29.6 Å². The fraction of sp³-hybridized carbons (Fsp3) is 0.350. The van der Waals surface area contributed by atoms with Gasteiger partial charge in [-0.25, -0.2) is 14.0 Å². The molecule has 0 unspecified atom stereocenters. The highest BCUT2D eigenvalue weighted by molar-refractivity contribution is 8.04. The Kier molecular flexibility index (Phi) is 5.97. The molecule has 2 N–H and O–H groups in total. The third kappa shape index (κ3) is 3.50. The zero-order valence-corrected chi connectivity index (χ0v) is 17.0. The van der Waals surface area contributed by atoms with Crippen molar-refractivity contribution in [1.82, 2.24) is 4.90 Å². The molecule has 2 aliphatic rings. The Bertz CT molecular complexity index is 943. The third-order valence-corrected chi connectivity index (χ3v) is 5.77. The summed E-state index contributed by atoms with van der Waals surface area (Å²) < 4.78 is 25.1. The van der Waals surface area contributed by atoms with Crippen LogP contribution in [0.5, 0.6) is 0 Å².